The molecule has 3 rings (SSSR count). The van der Waals surface area contributed by atoms with Crippen LogP contribution in [-0.4, -0.2) is 18.6 Å². The van der Waals surface area contributed by atoms with E-state index in [1.807, 2.05) is 0 Å². The molecule has 0 aliphatic heterocycles. The summed E-state index contributed by atoms with van der Waals surface area (Å²) in [6, 6.07) is 7.18. The lowest BCUT2D eigenvalue weighted by Crippen LogP contribution is -2.15. The highest BCUT2D eigenvalue weighted by molar-refractivity contribution is 7.91. The molecule has 1 aromatic carbocycles. The molecule has 0 saturated heterocycles. The number of nitrogens with zero attached hydrogens (tertiary/aromatic N) is 2. The van der Waals surface area contributed by atoms with Crippen LogP contribution in [0.25, 0.3) is 11.7 Å². The van der Waals surface area contributed by atoms with E-state index in [0.717, 1.165) is 0 Å². The molecule has 3 aromatic rings. The number of hydrogen-bond acceptors (Lipinski definition) is 6. The Kier molecular flexibility index (Phi) is 3.87. The Balaban J connectivity index is 1.74. The predicted molar refractivity (Wildman–Crippen MR) is 79.4 cm³/mol. The zero-order valence-electron chi connectivity index (χ0n) is 12.0. The van der Waals surface area contributed by atoms with Crippen LogP contribution in [0.5, 0.6) is 0 Å². The average molecular weight is 337 g/mol. The second-order valence-corrected chi connectivity index (χ2v) is 6.56. The second kappa shape index (κ2) is 5.84. The number of benzene rings is 1. The maximum absolute atomic E-state index is 13.5. The van der Waals surface area contributed by atoms with Crippen molar-refractivity contribution in [1.82, 2.24) is 10.2 Å². The monoisotopic (exact) mass is 337 g/mol. The van der Waals surface area contributed by atoms with Gasteiger partial charge in [0.2, 0.25) is 10.0 Å². The SMILES string of the molecule is Cc1ccc(CS(=O)(=O)Nc2nnc(-c3ccco3)o2)cc1F. The lowest BCUT2D eigenvalue weighted by Gasteiger charge is -2.05. The molecule has 0 bridgehead atoms. The minimum absolute atomic E-state index is 0.0501. The number of nitrogens with one attached hydrogen (secondary N) is 1. The third kappa shape index (κ3) is 3.57. The first-order valence-corrected chi connectivity index (χ1v) is 8.21. The summed E-state index contributed by atoms with van der Waals surface area (Å²) < 4.78 is 50.0. The summed E-state index contributed by atoms with van der Waals surface area (Å²) >= 11 is 0. The highest BCUT2D eigenvalue weighted by Crippen LogP contribution is 2.21. The average Bonchev–Trinajstić information content (AvgIpc) is 3.12. The molecule has 23 heavy (non-hydrogen) atoms. The number of furan rings is 1. The molecule has 0 spiro atoms. The Labute approximate surface area is 131 Å². The van der Waals surface area contributed by atoms with Crippen LogP contribution in [0.4, 0.5) is 10.4 Å². The van der Waals surface area contributed by atoms with Gasteiger partial charge in [-0.25, -0.2) is 17.5 Å². The van der Waals surface area contributed by atoms with E-state index in [0.29, 0.717) is 16.9 Å². The van der Waals surface area contributed by atoms with Crippen molar-refractivity contribution in [3.05, 3.63) is 53.5 Å². The van der Waals surface area contributed by atoms with E-state index in [-0.39, 0.29) is 11.9 Å². The van der Waals surface area contributed by atoms with Gasteiger partial charge in [0.25, 0.3) is 5.89 Å². The third-order valence-corrected chi connectivity index (χ3v) is 4.19. The third-order valence-electron chi connectivity index (χ3n) is 2.99. The molecule has 2 heterocycles. The smallest absolute Gasteiger partial charge is 0.329 e. The quantitative estimate of drug-likeness (QED) is 0.768. The number of sulfonamides is 1. The van der Waals surface area contributed by atoms with Crippen LogP contribution >= 0.6 is 0 Å². The van der Waals surface area contributed by atoms with Gasteiger partial charge in [0.05, 0.1) is 12.0 Å². The lowest BCUT2D eigenvalue weighted by atomic mass is 10.2. The molecule has 2 aromatic heterocycles. The molecule has 1 N–H and O–H groups in total. The van der Waals surface area contributed by atoms with Gasteiger partial charge in [-0.05, 0) is 36.2 Å². The molecule has 0 aliphatic carbocycles. The zero-order valence-corrected chi connectivity index (χ0v) is 12.8. The minimum atomic E-state index is -3.82. The Morgan fingerprint density at radius 3 is 2.78 bits per heavy atom. The first-order valence-electron chi connectivity index (χ1n) is 6.56. The fraction of sp³-hybridized carbons (Fsp3) is 0.143. The molecule has 0 saturated carbocycles. The van der Waals surface area contributed by atoms with E-state index in [1.54, 1.807) is 25.1 Å². The van der Waals surface area contributed by atoms with Crippen molar-refractivity contribution in [3.8, 4) is 11.7 Å². The number of aryl methyl sites for hydroxylation is 1. The Bertz CT molecular complexity index is 919. The predicted octanol–water partition coefficient (Wildman–Crippen LogP) is 2.72. The number of anilines is 1. The number of rotatable bonds is 5. The second-order valence-electron chi connectivity index (χ2n) is 4.83. The Morgan fingerprint density at radius 2 is 2.09 bits per heavy atom. The number of halogens is 1. The standard InChI is InChI=1S/C14H12FN3O4S/c1-9-4-5-10(7-11(9)15)8-23(19,20)18-14-17-16-13(22-14)12-3-2-6-21-12/h2-7H,8H2,1H3,(H,17,18). The Hall–Kier alpha value is -2.68. The molecule has 0 unspecified atom stereocenters. The summed E-state index contributed by atoms with van der Waals surface area (Å²) in [5.41, 5.74) is 0.755. The number of hydrogen-bond donors (Lipinski definition) is 1. The molecule has 0 fully saturated rings. The summed E-state index contributed by atoms with van der Waals surface area (Å²) in [7, 11) is -3.82. The van der Waals surface area contributed by atoms with Crippen molar-refractivity contribution < 1.29 is 21.6 Å². The fourth-order valence-electron chi connectivity index (χ4n) is 1.88. The van der Waals surface area contributed by atoms with E-state index in [1.165, 1.54) is 18.4 Å². The summed E-state index contributed by atoms with van der Waals surface area (Å²) in [6.07, 6.45) is 1.43. The zero-order chi connectivity index (χ0) is 16.4. The maximum atomic E-state index is 13.5. The van der Waals surface area contributed by atoms with Crippen molar-refractivity contribution in [2.24, 2.45) is 0 Å². The van der Waals surface area contributed by atoms with Crippen LogP contribution in [0.2, 0.25) is 0 Å². The van der Waals surface area contributed by atoms with Gasteiger partial charge in [-0.2, -0.15) is 0 Å². The minimum Gasteiger partial charge on any atom is -0.459 e. The van der Waals surface area contributed by atoms with E-state index in [9.17, 15) is 12.8 Å². The van der Waals surface area contributed by atoms with Crippen LogP contribution in [0.15, 0.2) is 45.4 Å². The van der Waals surface area contributed by atoms with Gasteiger partial charge in [-0.1, -0.05) is 17.2 Å². The fourth-order valence-corrected chi connectivity index (χ4v) is 2.92. The number of aromatic nitrogens is 2. The van der Waals surface area contributed by atoms with Gasteiger partial charge in [0.15, 0.2) is 5.76 Å². The highest BCUT2D eigenvalue weighted by atomic mass is 32.2. The van der Waals surface area contributed by atoms with Gasteiger partial charge < -0.3 is 8.83 Å². The molecule has 9 heteroatoms. The van der Waals surface area contributed by atoms with Crippen molar-refractivity contribution in [2.45, 2.75) is 12.7 Å². The van der Waals surface area contributed by atoms with Crippen LogP contribution in [0.1, 0.15) is 11.1 Å². The molecular formula is C14H12FN3O4S. The highest BCUT2D eigenvalue weighted by Gasteiger charge is 2.18. The van der Waals surface area contributed by atoms with Crippen LogP contribution < -0.4 is 4.72 Å². The molecule has 0 aliphatic rings. The molecule has 7 nitrogen and oxygen atoms in total. The summed E-state index contributed by atoms with van der Waals surface area (Å²) in [4.78, 5) is 0. The van der Waals surface area contributed by atoms with E-state index >= 15 is 0 Å². The van der Waals surface area contributed by atoms with Gasteiger partial charge in [-0.3, -0.25) is 0 Å². The summed E-state index contributed by atoms with van der Waals surface area (Å²) in [6.45, 7) is 1.60. The van der Waals surface area contributed by atoms with Gasteiger partial charge in [-0.15, -0.1) is 5.10 Å². The largest absolute Gasteiger partial charge is 0.459 e. The molecule has 120 valence electrons. The first-order chi connectivity index (χ1) is 10.9. The van der Waals surface area contributed by atoms with Crippen molar-refractivity contribution in [3.63, 3.8) is 0 Å². The van der Waals surface area contributed by atoms with E-state index in [4.69, 9.17) is 8.83 Å². The van der Waals surface area contributed by atoms with Crippen LogP contribution in [0.3, 0.4) is 0 Å². The van der Waals surface area contributed by atoms with Gasteiger partial charge >= 0.3 is 6.01 Å². The molecule has 0 atom stereocenters. The van der Waals surface area contributed by atoms with Crippen molar-refractivity contribution in [1.29, 1.82) is 0 Å². The van der Waals surface area contributed by atoms with Crippen molar-refractivity contribution >= 4 is 16.0 Å². The normalized spacial score (nSPS) is 11.6. The Morgan fingerprint density at radius 1 is 1.26 bits per heavy atom. The lowest BCUT2D eigenvalue weighted by molar-refractivity contribution is 0.524. The topological polar surface area (TPSA) is 98.2 Å². The van der Waals surface area contributed by atoms with Crippen LogP contribution in [0, 0.1) is 12.7 Å². The van der Waals surface area contributed by atoms with E-state index in [2.05, 4.69) is 14.9 Å². The summed E-state index contributed by atoms with van der Waals surface area (Å²) in [5, 5.41) is 7.27. The molecular weight excluding hydrogens is 325 g/mol. The van der Waals surface area contributed by atoms with Crippen molar-refractivity contribution in [2.75, 3.05) is 4.72 Å². The maximum Gasteiger partial charge on any atom is 0.329 e. The van der Waals surface area contributed by atoms with E-state index < -0.39 is 21.6 Å². The van der Waals surface area contributed by atoms with Crippen LogP contribution in [-0.2, 0) is 15.8 Å². The van der Waals surface area contributed by atoms with Gasteiger partial charge in [0, 0.05) is 0 Å². The first kappa shape index (κ1) is 15.2. The summed E-state index contributed by atoms with van der Waals surface area (Å²) in [5.74, 6) is -0.504. The van der Waals surface area contributed by atoms with Gasteiger partial charge in [0.1, 0.15) is 5.82 Å². The molecule has 0 amide bonds. The molecule has 0 radical (unpaired) electrons.